The molecular weight excluding hydrogens is 200 g/mol. The van der Waals surface area contributed by atoms with E-state index in [-0.39, 0.29) is 5.38 Å². The standard InChI is InChI=1S/C9H15ClN4/c1-7(10)9-11-12-13-14(9)8-5-3-2-4-6-8/h7-8H,2-6H2,1H3. The Bertz CT molecular complexity index is 291. The van der Waals surface area contributed by atoms with Crippen LogP contribution in [0.5, 0.6) is 0 Å². The molecule has 4 nitrogen and oxygen atoms in total. The topological polar surface area (TPSA) is 43.6 Å². The molecule has 1 aliphatic carbocycles. The van der Waals surface area contributed by atoms with E-state index >= 15 is 0 Å². The van der Waals surface area contributed by atoms with Gasteiger partial charge < -0.3 is 0 Å². The van der Waals surface area contributed by atoms with Crippen molar-refractivity contribution >= 4 is 11.6 Å². The van der Waals surface area contributed by atoms with E-state index in [1.165, 1.54) is 32.1 Å². The molecule has 0 bridgehead atoms. The van der Waals surface area contributed by atoms with Gasteiger partial charge in [-0.2, -0.15) is 0 Å². The smallest absolute Gasteiger partial charge is 0.169 e. The van der Waals surface area contributed by atoms with Gasteiger partial charge in [0.15, 0.2) is 5.82 Å². The molecule has 1 heterocycles. The van der Waals surface area contributed by atoms with Gasteiger partial charge in [0.05, 0.1) is 11.4 Å². The highest BCUT2D eigenvalue weighted by atomic mass is 35.5. The molecule has 78 valence electrons. The van der Waals surface area contributed by atoms with Crippen molar-refractivity contribution in [3.05, 3.63) is 5.82 Å². The average molecular weight is 215 g/mol. The number of hydrogen-bond donors (Lipinski definition) is 0. The minimum atomic E-state index is -0.105. The SMILES string of the molecule is CC(Cl)c1nnnn1C1CCCCC1. The maximum Gasteiger partial charge on any atom is 0.169 e. The molecule has 1 saturated carbocycles. The van der Waals surface area contributed by atoms with E-state index in [9.17, 15) is 0 Å². The van der Waals surface area contributed by atoms with Crippen molar-refractivity contribution in [2.75, 3.05) is 0 Å². The van der Waals surface area contributed by atoms with Crippen LogP contribution in [0.2, 0.25) is 0 Å². The molecule has 5 heteroatoms. The van der Waals surface area contributed by atoms with Crippen LogP contribution in [0.4, 0.5) is 0 Å². The lowest BCUT2D eigenvalue weighted by Crippen LogP contribution is -2.17. The highest BCUT2D eigenvalue weighted by molar-refractivity contribution is 6.20. The van der Waals surface area contributed by atoms with Gasteiger partial charge in [-0.25, -0.2) is 4.68 Å². The maximum atomic E-state index is 6.01. The molecule has 0 aliphatic heterocycles. The zero-order valence-corrected chi connectivity index (χ0v) is 9.11. The summed E-state index contributed by atoms with van der Waals surface area (Å²) in [4.78, 5) is 0. The highest BCUT2D eigenvalue weighted by Crippen LogP contribution is 2.29. The number of nitrogens with zero attached hydrogens (tertiary/aromatic N) is 4. The van der Waals surface area contributed by atoms with Crippen LogP contribution < -0.4 is 0 Å². The molecule has 14 heavy (non-hydrogen) atoms. The van der Waals surface area contributed by atoms with E-state index in [1.54, 1.807) is 0 Å². The van der Waals surface area contributed by atoms with Crippen LogP contribution in [-0.2, 0) is 0 Å². The summed E-state index contributed by atoms with van der Waals surface area (Å²) in [6.07, 6.45) is 6.26. The molecule has 0 radical (unpaired) electrons. The first kappa shape index (κ1) is 9.90. The third kappa shape index (κ3) is 1.90. The van der Waals surface area contributed by atoms with E-state index in [4.69, 9.17) is 11.6 Å². The van der Waals surface area contributed by atoms with E-state index < -0.39 is 0 Å². The largest absolute Gasteiger partial charge is 0.225 e. The normalized spacial score (nSPS) is 21.0. The molecule has 1 unspecified atom stereocenters. The summed E-state index contributed by atoms with van der Waals surface area (Å²) in [5.74, 6) is 0.804. The van der Waals surface area contributed by atoms with Crippen LogP contribution in [0.25, 0.3) is 0 Å². The van der Waals surface area contributed by atoms with Gasteiger partial charge in [0, 0.05) is 0 Å². The van der Waals surface area contributed by atoms with Crippen molar-refractivity contribution in [1.82, 2.24) is 20.2 Å². The van der Waals surface area contributed by atoms with Crippen LogP contribution in [0.3, 0.4) is 0 Å². The Morgan fingerprint density at radius 3 is 2.71 bits per heavy atom. The van der Waals surface area contributed by atoms with Gasteiger partial charge >= 0.3 is 0 Å². The van der Waals surface area contributed by atoms with Gasteiger partial charge in [-0.3, -0.25) is 0 Å². The van der Waals surface area contributed by atoms with Crippen LogP contribution in [-0.4, -0.2) is 20.2 Å². The summed E-state index contributed by atoms with van der Waals surface area (Å²) < 4.78 is 1.91. The average Bonchev–Trinajstić information content (AvgIpc) is 2.67. The van der Waals surface area contributed by atoms with Crippen molar-refractivity contribution < 1.29 is 0 Å². The molecule has 1 aromatic heterocycles. The van der Waals surface area contributed by atoms with Crippen LogP contribution in [0, 0.1) is 0 Å². The lowest BCUT2D eigenvalue weighted by atomic mass is 9.95. The minimum absolute atomic E-state index is 0.105. The summed E-state index contributed by atoms with van der Waals surface area (Å²) in [5.41, 5.74) is 0. The van der Waals surface area contributed by atoms with Gasteiger partial charge in [0.1, 0.15) is 0 Å². The summed E-state index contributed by atoms with van der Waals surface area (Å²) in [6, 6.07) is 0.468. The monoisotopic (exact) mass is 214 g/mol. The fourth-order valence-electron chi connectivity index (χ4n) is 2.05. The lowest BCUT2D eigenvalue weighted by Gasteiger charge is -2.22. The van der Waals surface area contributed by atoms with E-state index in [2.05, 4.69) is 15.5 Å². The first-order valence-electron chi connectivity index (χ1n) is 5.21. The second-order valence-electron chi connectivity index (χ2n) is 3.89. The second kappa shape index (κ2) is 4.26. The van der Waals surface area contributed by atoms with Gasteiger partial charge in [0.2, 0.25) is 0 Å². The Morgan fingerprint density at radius 1 is 1.36 bits per heavy atom. The van der Waals surface area contributed by atoms with Crippen molar-refractivity contribution in [1.29, 1.82) is 0 Å². The van der Waals surface area contributed by atoms with Crippen LogP contribution >= 0.6 is 11.6 Å². The Labute approximate surface area is 88.6 Å². The predicted octanol–water partition coefficient (Wildman–Crippen LogP) is 2.48. The van der Waals surface area contributed by atoms with Gasteiger partial charge in [-0.1, -0.05) is 19.3 Å². The molecule has 2 rings (SSSR count). The molecule has 1 fully saturated rings. The third-order valence-electron chi connectivity index (χ3n) is 2.79. The predicted molar refractivity (Wildman–Crippen MR) is 54.2 cm³/mol. The summed E-state index contributed by atoms with van der Waals surface area (Å²) >= 11 is 6.01. The molecule has 0 N–H and O–H groups in total. The van der Waals surface area contributed by atoms with Gasteiger partial charge in [0.25, 0.3) is 0 Å². The molecule has 0 spiro atoms. The number of rotatable bonds is 2. The molecule has 1 aromatic rings. The molecule has 1 atom stereocenters. The van der Waals surface area contributed by atoms with Crippen molar-refractivity contribution in [2.45, 2.75) is 50.4 Å². The summed E-state index contributed by atoms with van der Waals surface area (Å²) in [5, 5.41) is 11.6. The Kier molecular flexibility index (Phi) is 3.01. The van der Waals surface area contributed by atoms with Crippen LogP contribution in [0.1, 0.15) is 56.3 Å². The lowest BCUT2D eigenvalue weighted by molar-refractivity contribution is 0.316. The summed E-state index contributed by atoms with van der Waals surface area (Å²) in [7, 11) is 0. The first-order chi connectivity index (χ1) is 6.79. The fourth-order valence-corrected chi connectivity index (χ4v) is 2.19. The van der Waals surface area contributed by atoms with E-state index in [1.807, 2.05) is 11.6 Å². The number of halogens is 1. The number of alkyl halides is 1. The summed E-state index contributed by atoms with van der Waals surface area (Å²) in [6.45, 7) is 1.91. The zero-order valence-electron chi connectivity index (χ0n) is 8.36. The van der Waals surface area contributed by atoms with E-state index in [0.717, 1.165) is 5.82 Å². The van der Waals surface area contributed by atoms with Crippen molar-refractivity contribution in [2.24, 2.45) is 0 Å². The number of tetrazole rings is 1. The van der Waals surface area contributed by atoms with Crippen molar-refractivity contribution in [3.8, 4) is 0 Å². The van der Waals surface area contributed by atoms with E-state index in [0.29, 0.717) is 6.04 Å². The fraction of sp³-hybridized carbons (Fsp3) is 0.889. The van der Waals surface area contributed by atoms with Crippen LogP contribution in [0.15, 0.2) is 0 Å². The second-order valence-corrected chi connectivity index (χ2v) is 4.54. The molecule has 0 saturated heterocycles. The quantitative estimate of drug-likeness (QED) is 0.711. The Morgan fingerprint density at radius 2 is 2.07 bits per heavy atom. The molecular formula is C9H15ClN4. The minimum Gasteiger partial charge on any atom is -0.225 e. The molecule has 1 aliphatic rings. The molecule has 0 amide bonds. The first-order valence-corrected chi connectivity index (χ1v) is 5.64. The Balaban J connectivity index is 2.17. The molecule has 0 aromatic carbocycles. The van der Waals surface area contributed by atoms with Gasteiger partial charge in [-0.05, 0) is 30.2 Å². The third-order valence-corrected chi connectivity index (χ3v) is 2.99. The highest BCUT2D eigenvalue weighted by Gasteiger charge is 2.21. The van der Waals surface area contributed by atoms with Gasteiger partial charge in [-0.15, -0.1) is 16.7 Å². The Hall–Kier alpha value is -0.640. The number of hydrogen-bond acceptors (Lipinski definition) is 3. The maximum absolute atomic E-state index is 6.01. The van der Waals surface area contributed by atoms with Crippen molar-refractivity contribution in [3.63, 3.8) is 0 Å². The zero-order chi connectivity index (χ0) is 9.97. The number of aromatic nitrogens is 4.